The lowest BCUT2D eigenvalue weighted by atomic mass is 10.0. The second-order valence-electron chi connectivity index (χ2n) is 6.95. The number of allylic oxidation sites excluding steroid dienone is 1. The molecule has 182 valence electrons. The zero-order valence-corrected chi connectivity index (χ0v) is 19.0. The van der Waals surface area contributed by atoms with Crippen molar-refractivity contribution in [3.8, 4) is 5.75 Å². The van der Waals surface area contributed by atoms with Gasteiger partial charge in [0, 0.05) is 30.4 Å². The van der Waals surface area contributed by atoms with E-state index in [0.29, 0.717) is 42.6 Å². The van der Waals surface area contributed by atoms with Crippen molar-refractivity contribution in [2.24, 2.45) is 0 Å². The highest BCUT2D eigenvalue weighted by Gasteiger charge is 2.11. The van der Waals surface area contributed by atoms with Crippen molar-refractivity contribution in [1.82, 2.24) is 10.6 Å². The lowest BCUT2D eigenvalue weighted by Crippen LogP contribution is -2.35. The summed E-state index contributed by atoms with van der Waals surface area (Å²) < 4.78 is 10.3. The number of carboxylic acid groups (broad SMARTS) is 2. The van der Waals surface area contributed by atoms with E-state index in [1.165, 1.54) is 7.11 Å². The molecule has 1 rings (SSSR count). The van der Waals surface area contributed by atoms with Gasteiger partial charge < -0.3 is 30.1 Å². The van der Waals surface area contributed by atoms with Crippen LogP contribution in [0.3, 0.4) is 0 Å². The summed E-state index contributed by atoms with van der Waals surface area (Å²) in [4.78, 5) is 30.4. The molecule has 0 saturated carbocycles. The molecule has 0 aromatic heterocycles. The smallest absolute Gasteiger partial charge is 0.411 e. The van der Waals surface area contributed by atoms with Crippen LogP contribution in [0.15, 0.2) is 49.6 Å². The third kappa shape index (κ3) is 14.1. The Labute approximate surface area is 193 Å². The van der Waals surface area contributed by atoms with Crippen LogP contribution >= 0.6 is 0 Å². The minimum atomic E-state index is -1.26. The highest BCUT2D eigenvalue weighted by Crippen LogP contribution is 2.24. The van der Waals surface area contributed by atoms with Gasteiger partial charge in [0.25, 0.3) is 0 Å². The Kier molecular flexibility index (Phi) is 14.3. The number of carbonyl (C=O) groups is 3. The first kappa shape index (κ1) is 29.4. The van der Waals surface area contributed by atoms with Crippen LogP contribution in [0.5, 0.6) is 5.75 Å². The number of aliphatic carboxylic acids is 2. The van der Waals surface area contributed by atoms with Crippen LogP contribution in [0.2, 0.25) is 0 Å². The van der Waals surface area contributed by atoms with E-state index in [2.05, 4.69) is 28.5 Å². The van der Waals surface area contributed by atoms with Crippen molar-refractivity contribution in [2.45, 2.75) is 32.4 Å². The Balaban J connectivity index is 0.00000109. The predicted octanol–water partition coefficient (Wildman–Crippen LogP) is 2.19. The highest BCUT2D eigenvalue weighted by atomic mass is 16.5. The Morgan fingerprint density at radius 2 is 1.76 bits per heavy atom. The maximum Gasteiger partial charge on any atom is 0.411 e. The third-order valence-corrected chi connectivity index (χ3v) is 3.77. The zero-order chi connectivity index (χ0) is 25.4. The summed E-state index contributed by atoms with van der Waals surface area (Å²) in [5.41, 5.74) is 2.07. The lowest BCUT2D eigenvalue weighted by Gasteiger charge is -2.17. The Hall–Kier alpha value is -3.63. The number of carboxylic acids is 2. The monoisotopic (exact) mass is 464 g/mol. The molecule has 5 N–H and O–H groups in total. The van der Waals surface area contributed by atoms with Crippen LogP contribution in [0.4, 0.5) is 4.79 Å². The topological polar surface area (TPSA) is 154 Å². The van der Waals surface area contributed by atoms with Crippen molar-refractivity contribution in [1.29, 1.82) is 0 Å². The molecule has 0 spiro atoms. The third-order valence-electron chi connectivity index (χ3n) is 3.77. The van der Waals surface area contributed by atoms with Crippen molar-refractivity contribution >= 4 is 23.7 Å². The molecule has 0 saturated heterocycles. The lowest BCUT2D eigenvalue weighted by molar-refractivity contribution is -0.134. The number of amides is 1. The molecule has 0 aliphatic carbocycles. The molecule has 1 unspecified atom stereocenters. The summed E-state index contributed by atoms with van der Waals surface area (Å²) >= 11 is 0. The normalized spacial score (nSPS) is 11.2. The van der Waals surface area contributed by atoms with E-state index in [9.17, 15) is 19.5 Å². The number of hydrogen-bond donors (Lipinski definition) is 5. The van der Waals surface area contributed by atoms with E-state index in [-0.39, 0.29) is 6.61 Å². The van der Waals surface area contributed by atoms with Crippen molar-refractivity contribution in [3.05, 3.63) is 60.7 Å². The van der Waals surface area contributed by atoms with Gasteiger partial charge in [0.1, 0.15) is 18.5 Å². The molecule has 1 aromatic rings. The molecule has 10 nitrogen and oxygen atoms in total. The van der Waals surface area contributed by atoms with Gasteiger partial charge in [-0.3, -0.25) is 5.32 Å². The van der Waals surface area contributed by atoms with Gasteiger partial charge in [-0.1, -0.05) is 26.5 Å². The van der Waals surface area contributed by atoms with Crippen molar-refractivity contribution < 1.29 is 39.2 Å². The molecule has 0 bridgehead atoms. The molecule has 0 aliphatic heterocycles. The quantitative estimate of drug-likeness (QED) is 0.231. The number of methoxy groups -OCH3 is 1. The van der Waals surface area contributed by atoms with E-state index < -0.39 is 24.1 Å². The van der Waals surface area contributed by atoms with E-state index in [4.69, 9.17) is 14.9 Å². The first-order valence-electron chi connectivity index (χ1n) is 9.96. The fourth-order valence-electron chi connectivity index (χ4n) is 2.23. The minimum absolute atomic E-state index is 0.185. The average Bonchev–Trinajstić information content (AvgIpc) is 2.75. The number of hydrogen-bond acceptors (Lipinski definition) is 7. The number of rotatable bonds is 12. The maximum atomic E-state index is 11.3. The molecule has 0 aliphatic rings. The number of aliphatic hydroxyl groups excluding tert-OH is 1. The van der Waals surface area contributed by atoms with Crippen LogP contribution in [0, 0.1) is 0 Å². The fraction of sp³-hybridized carbons (Fsp3) is 0.348. The Morgan fingerprint density at radius 1 is 1.15 bits per heavy atom. The van der Waals surface area contributed by atoms with Gasteiger partial charge in [0.05, 0.1) is 7.11 Å². The Bertz CT molecular complexity index is 833. The maximum absolute atomic E-state index is 11.3. The average molecular weight is 465 g/mol. The summed E-state index contributed by atoms with van der Waals surface area (Å²) in [6.07, 6.45) is 2.30. The molecule has 1 amide bonds. The number of nitrogens with one attached hydrogen (secondary N) is 2. The van der Waals surface area contributed by atoms with Crippen molar-refractivity contribution in [2.75, 3.05) is 20.3 Å². The SMILES string of the molecule is C=CCc1cc(C(=C)NC(=O)OC)ccc1OCC(O)CNC(C)C.O=C(O)/C=C/C(=O)O. The fourth-order valence-corrected chi connectivity index (χ4v) is 2.23. The molecular formula is C23H32N2O8. The van der Waals surface area contributed by atoms with Crippen LogP contribution in [0.1, 0.15) is 25.0 Å². The van der Waals surface area contributed by atoms with Gasteiger partial charge in [0.15, 0.2) is 0 Å². The molecule has 1 atom stereocenters. The summed E-state index contributed by atoms with van der Waals surface area (Å²) in [6.45, 7) is 12.3. The van der Waals surface area contributed by atoms with Gasteiger partial charge in [-0.05, 0) is 35.7 Å². The number of benzene rings is 1. The number of alkyl carbamates (subject to hydrolysis) is 1. The molecule has 0 heterocycles. The second kappa shape index (κ2) is 16.1. The first-order valence-corrected chi connectivity index (χ1v) is 9.96. The standard InChI is InChI=1S/C19H28N2O4.C4H4O4/c1-6-7-16-10-15(14(4)21-19(23)24-5)8-9-18(16)25-12-17(22)11-20-13(2)3;5-3(6)1-2-4(7)8/h6,8-10,13,17,20,22H,1,4,7,11-12H2,2-3,5H3,(H,21,23);1-2H,(H,5,6)(H,7,8)/b;2-1+. The van der Waals surface area contributed by atoms with Gasteiger partial charge in [-0.15, -0.1) is 6.58 Å². The van der Waals surface area contributed by atoms with Crippen molar-refractivity contribution in [3.63, 3.8) is 0 Å². The van der Waals surface area contributed by atoms with Gasteiger partial charge >= 0.3 is 18.0 Å². The number of carbonyl (C=O) groups excluding carboxylic acids is 1. The summed E-state index contributed by atoms with van der Waals surface area (Å²) in [7, 11) is 1.29. The Morgan fingerprint density at radius 3 is 2.24 bits per heavy atom. The first-order chi connectivity index (χ1) is 15.5. The molecule has 0 radical (unpaired) electrons. The van der Waals surface area contributed by atoms with E-state index in [1.54, 1.807) is 18.2 Å². The minimum Gasteiger partial charge on any atom is -0.491 e. The summed E-state index contributed by atoms with van der Waals surface area (Å²) in [5, 5.41) is 31.3. The second-order valence-corrected chi connectivity index (χ2v) is 6.95. The van der Waals surface area contributed by atoms with Crippen LogP contribution in [0.25, 0.3) is 5.70 Å². The van der Waals surface area contributed by atoms with E-state index in [1.807, 2.05) is 19.9 Å². The van der Waals surface area contributed by atoms with Crippen LogP contribution in [-0.2, 0) is 20.7 Å². The van der Waals surface area contributed by atoms with Crippen LogP contribution in [-0.4, -0.2) is 65.8 Å². The predicted molar refractivity (Wildman–Crippen MR) is 124 cm³/mol. The zero-order valence-electron chi connectivity index (χ0n) is 19.0. The van der Waals surface area contributed by atoms with E-state index >= 15 is 0 Å². The molecular weight excluding hydrogens is 432 g/mol. The largest absolute Gasteiger partial charge is 0.491 e. The molecule has 10 heteroatoms. The van der Waals surface area contributed by atoms with Gasteiger partial charge in [-0.2, -0.15) is 0 Å². The highest BCUT2D eigenvalue weighted by molar-refractivity contribution is 5.89. The van der Waals surface area contributed by atoms with Gasteiger partial charge in [-0.25, -0.2) is 14.4 Å². The number of ether oxygens (including phenoxy) is 2. The number of aliphatic hydroxyl groups is 1. The van der Waals surface area contributed by atoms with E-state index in [0.717, 1.165) is 11.1 Å². The van der Waals surface area contributed by atoms with Crippen LogP contribution < -0.4 is 15.4 Å². The van der Waals surface area contributed by atoms with Gasteiger partial charge in [0.2, 0.25) is 0 Å². The molecule has 0 fully saturated rings. The molecule has 33 heavy (non-hydrogen) atoms. The summed E-state index contributed by atoms with van der Waals surface area (Å²) in [5.74, 6) is -1.85. The summed E-state index contributed by atoms with van der Waals surface area (Å²) in [6, 6.07) is 5.76. The molecule has 1 aromatic carbocycles.